The highest BCUT2D eigenvalue weighted by Gasteiger charge is 2.38. The van der Waals surface area contributed by atoms with Gasteiger partial charge in [-0.05, 0) is 0 Å². The molecule has 19 heavy (non-hydrogen) atoms. The van der Waals surface area contributed by atoms with Gasteiger partial charge in [-0.2, -0.15) is 13.2 Å². The Morgan fingerprint density at radius 2 is 1.79 bits per heavy atom. The molecule has 106 valence electrons. The topological polar surface area (TPSA) is 48.4 Å². The van der Waals surface area contributed by atoms with Crippen LogP contribution in [0.15, 0.2) is 6.07 Å². The number of methoxy groups -OCH3 is 1. The Hall–Kier alpha value is -2.00. The number of nitrogens with zero attached hydrogens (tertiary/aromatic N) is 1. The van der Waals surface area contributed by atoms with Gasteiger partial charge in [0.15, 0.2) is 12.0 Å². The number of aromatic nitrogens is 1. The average Bonchev–Trinajstić information content (AvgIpc) is 2.25. The first kappa shape index (κ1) is 15.1. The number of ether oxygens (including phenoxy) is 2. The summed E-state index contributed by atoms with van der Waals surface area (Å²) in [6.45, 7) is 0. The van der Waals surface area contributed by atoms with Crippen LogP contribution in [0.5, 0.6) is 11.6 Å². The number of aldehydes is 1. The van der Waals surface area contributed by atoms with E-state index in [4.69, 9.17) is 0 Å². The molecule has 0 aliphatic heterocycles. The van der Waals surface area contributed by atoms with E-state index in [1.807, 2.05) is 0 Å². The van der Waals surface area contributed by atoms with Crippen LogP contribution in [0.4, 0.5) is 26.3 Å². The molecule has 0 unspecified atom stereocenters. The van der Waals surface area contributed by atoms with Crippen molar-refractivity contribution >= 4 is 6.29 Å². The van der Waals surface area contributed by atoms with Gasteiger partial charge < -0.3 is 9.47 Å². The van der Waals surface area contributed by atoms with Crippen molar-refractivity contribution in [3.63, 3.8) is 0 Å². The smallest absolute Gasteiger partial charge is 0.478 e. The van der Waals surface area contributed by atoms with Crippen molar-refractivity contribution in [2.75, 3.05) is 7.11 Å². The molecule has 1 rings (SSSR count). The lowest BCUT2D eigenvalue weighted by Crippen LogP contribution is -2.19. The van der Waals surface area contributed by atoms with Gasteiger partial charge in [0.2, 0.25) is 0 Å². The van der Waals surface area contributed by atoms with E-state index in [2.05, 4.69) is 14.5 Å². The molecule has 0 radical (unpaired) electrons. The molecule has 0 spiro atoms. The molecule has 10 heteroatoms. The fourth-order valence-corrected chi connectivity index (χ4v) is 1.15. The first-order valence-corrected chi connectivity index (χ1v) is 4.45. The maximum atomic E-state index is 12.5. The molecule has 0 aliphatic rings. The molecule has 1 aromatic rings. The molecular weight excluding hydrogens is 284 g/mol. The molecule has 0 aromatic carbocycles. The van der Waals surface area contributed by atoms with E-state index in [-0.39, 0.29) is 12.4 Å². The molecule has 0 N–H and O–H groups in total. The van der Waals surface area contributed by atoms with Gasteiger partial charge in [-0.3, -0.25) is 4.79 Å². The minimum absolute atomic E-state index is 0.00303. The maximum absolute atomic E-state index is 12.5. The zero-order valence-electron chi connectivity index (χ0n) is 9.09. The summed E-state index contributed by atoms with van der Waals surface area (Å²) in [5.74, 6) is -2.17. The van der Waals surface area contributed by atoms with Gasteiger partial charge in [0, 0.05) is 6.07 Å². The SMILES string of the molecule is COc1nc(C=O)c(C(F)(F)F)cc1OC(F)(F)F. The quantitative estimate of drug-likeness (QED) is 0.634. The van der Waals surface area contributed by atoms with Crippen LogP contribution >= 0.6 is 0 Å². The molecule has 0 bridgehead atoms. The van der Waals surface area contributed by atoms with Crippen molar-refractivity contribution in [2.45, 2.75) is 12.5 Å². The van der Waals surface area contributed by atoms with Gasteiger partial charge >= 0.3 is 12.5 Å². The van der Waals surface area contributed by atoms with E-state index in [1.54, 1.807) is 0 Å². The molecule has 0 saturated heterocycles. The second kappa shape index (κ2) is 4.94. The number of carbonyl (C=O) groups excluding carboxylic acids is 1. The minimum Gasteiger partial charge on any atom is -0.478 e. The van der Waals surface area contributed by atoms with E-state index in [0.29, 0.717) is 0 Å². The molecule has 0 atom stereocenters. The summed E-state index contributed by atoms with van der Waals surface area (Å²) in [5, 5.41) is 0. The van der Waals surface area contributed by atoms with Crippen LogP contribution in [0.2, 0.25) is 0 Å². The van der Waals surface area contributed by atoms with Crippen LogP contribution in [-0.2, 0) is 6.18 Å². The monoisotopic (exact) mass is 289 g/mol. The zero-order chi connectivity index (χ0) is 14.8. The van der Waals surface area contributed by atoms with Crippen molar-refractivity contribution in [1.82, 2.24) is 4.98 Å². The van der Waals surface area contributed by atoms with E-state index in [0.717, 1.165) is 7.11 Å². The van der Waals surface area contributed by atoms with Crippen molar-refractivity contribution in [3.8, 4) is 11.6 Å². The molecule has 1 heterocycles. The summed E-state index contributed by atoms with van der Waals surface area (Å²) in [4.78, 5) is 13.5. The van der Waals surface area contributed by atoms with Crippen LogP contribution in [0.1, 0.15) is 16.1 Å². The van der Waals surface area contributed by atoms with E-state index in [9.17, 15) is 31.1 Å². The molecular formula is C9H5F6NO3. The highest BCUT2D eigenvalue weighted by molar-refractivity contribution is 5.75. The van der Waals surface area contributed by atoms with Gasteiger partial charge in [0.1, 0.15) is 5.69 Å². The molecule has 1 aromatic heterocycles. The fourth-order valence-electron chi connectivity index (χ4n) is 1.15. The van der Waals surface area contributed by atoms with E-state index in [1.165, 1.54) is 0 Å². The van der Waals surface area contributed by atoms with Crippen molar-refractivity contribution in [3.05, 3.63) is 17.3 Å². The van der Waals surface area contributed by atoms with Crippen molar-refractivity contribution in [2.24, 2.45) is 0 Å². The second-order valence-electron chi connectivity index (χ2n) is 3.09. The molecule has 0 fully saturated rings. The highest BCUT2D eigenvalue weighted by atomic mass is 19.4. The Bertz CT molecular complexity index is 482. The molecule has 4 nitrogen and oxygen atoms in total. The first-order valence-electron chi connectivity index (χ1n) is 4.45. The summed E-state index contributed by atoms with van der Waals surface area (Å²) < 4.78 is 81.3. The largest absolute Gasteiger partial charge is 0.573 e. The number of hydrogen-bond acceptors (Lipinski definition) is 4. The van der Waals surface area contributed by atoms with Crippen LogP contribution in [0.3, 0.4) is 0 Å². The Kier molecular flexibility index (Phi) is 3.91. The predicted octanol–water partition coefficient (Wildman–Crippen LogP) is 2.82. The lowest BCUT2D eigenvalue weighted by Gasteiger charge is -2.15. The highest BCUT2D eigenvalue weighted by Crippen LogP contribution is 2.38. The van der Waals surface area contributed by atoms with Gasteiger partial charge in [-0.1, -0.05) is 0 Å². The number of carbonyl (C=O) groups is 1. The van der Waals surface area contributed by atoms with Crippen LogP contribution < -0.4 is 9.47 Å². The predicted molar refractivity (Wildman–Crippen MR) is 47.9 cm³/mol. The number of hydrogen-bond donors (Lipinski definition) is 0. The number of pyridine rings is 1. The third-order valence-corrected chi connectivity index (χ3v) is 1.82. The Balaban J connectivity index is 3.42. The lowest BCUT2D eigenvalue weighted by molar-refractivity contribution is -0.275. The summed E-state index contributed by atoms with van der Waals surface area (Å²) in [7, 11) is 0.868. The van der Waals surface area contributed by atoms with Crippen LogP contribution in [0.25, 0.3) is 0 Å². The van der Waals surface area contributed by atoms with E-state index >= 15 is 0 Å². The molecule has 0 amide bonds. The standard InChI is InChI=1S/C9H5F6NO3/c1-18-7-6(19-9(13,14)15)2-4(8(10,11)12)5(3-17)16-7/h2-3H,1H3. The fraction of sp³-hybridized carbons (Fsp3) is 0.333. The van der Waals surface area contributed by atoms with E-state index < -0.39 is 35.4 Å². The Morgan fingerprint density at radius 1 is 1.21 bits per heavy atom. The van der Waals surface area contributed by atoms with Gasteiger partial charge in [-0.25, -0.2) is 4.98 Å². The van der Waals surface area contributed by atoms with Gasteiger partial charge in [0.25, 0.3) is 5.88 Å². The van der Waals surface area contributed by atoms with Gasteiger partial charge in [-0.15, -0.1) is 13.2 Å². The Morgan fingerprint density at radius 3 is 2.16 bits per heavy atom. The zero-order valence-corrected chi connectivity index (χ0v) is 9.09. The first-order chi connectivity index (χ1) is 8.58. The van der Waals surface area contributed by atoms with Crippen molar-refractivity contribution < 1.29 is 40.6 Å². The van der Waals surface area contributed by atoms with Crippen molar-refractivity contribution in [1.29, 1.82) is 0 Å². The minimum atomic E-state index is -5.22. The summed E-state index contributed by atoms with van der Waals surface area (Å²) in [6, 6.07) is 0.00303. The number of alkyl halides is 6. The summed E-state index contributed by atoms with van der Waals surface area (Å²) in [5.41, 5.74) is -2.75. The second-order valence-corrected chi connectivity index (χ2v) is 3.09. The molecule has 0 saturated carbocycles. The number of halogens is 6. The van der Waals surface area contributed by atoms with Gasteiger partial charge in [0.05, 0.1) is 12.7 Å². The maximum Gasteiger partial charge on any atom is 0.573 e. The summed E-state index contributed by atoms with van der Waals surface area (Å²) in [6.07, 6.45) is -10.5. The summed E-state index contributed by atoms with van der Waals surface area (Å²) >= 11 is 0. The third kappa shape index (κ3) is 3.73. The lowest BCUT2D eigenvalue weighted by atomic mass is 10.2. The normalized spacial score (nSPS) is 12.2. The average molecular weight is 289 g/mol. The Labute approximate surface area is 101 Å². The molecule has 0 aliphatic carbocycles. The van der Waals surface area contributed by atoms with Crippen LogP contribution in [-0.4, -0.2) is 24.7 Å². The number of rotatable bonds is 3. The third-order valence-electron chi connectivity index (χ3n) is 1.82. The van der Waals surface area contributed by atoms with Crippen LogP contribution in [0, 0.1) is 0 Å².